The maximum atomic E-state index is 12.1. The zero-order valence-corrected chi connectivity index (χ0v) is 15.6. The minimum Gasteiger partial charge on any atom is -0.349 e. The number of aromatic nitrogens is 3. The minimum atomic E-state index is -2.89. The number of fused-ring (bicyclic) bond motifs is 1. The number of hydrogen-bond acceptors (Lipinski definition) is 6. The molecule has 3 heterocycles. The average Bonchev–Trinajstić information content (AvgIpc) is 3.05. The Morgan fingerprint density at radius 1 is 1.32 bits per heavy atom. The molecule has 0 spiro atoms. The van der Waals surface area contributed by atoms with Crippen molar-refractivity contribution in [3.63, 3.8) is 0 Å². The Bertz CT molecular complexity index is 715. The van der Waals surface area contributed by atoms with Crippen LogP contribution >= 0.6 is 0 Å². The largest absolute Gasteiger partial charge is 0.349 e. The Labute approximate surface area is 148 Å². The molecule has 1 fully saturated rings. The standard InChI is InChI=1S/C16H27N5O3S/c1-20(13-7-10-25(23,24)12-13)9-6-16(22)17-11-15-19-18-14-5-3-2-4-8-21(14)15/h13H,2-12H2,1H3,(H,17,22)/t13-/m0/s1. The van der Waals surface area contributed by atoms with Gasteiger partial charge in [-0.05, 0) is 26.3 Å². The van der Waals surface area contributed by atoms with Gasteiger partial charge in [0.15, 0.2) is 15.7 Å². The highest BCUT2D eigenvalue weighted by Crippen LogP contribution is 2.17. The molecule has 8 nitrogen and oxygen atoms in total. The van der Waals surface area contributed by atoms with Gasteiger partial charge >= 0.3 is 0 Å². The minimum absolute atomic E-state index is 0.0325. The Morgan fingerprint density at radius 2 is 2.16 bits per heavy atom. The highest BCUT2D eigenvalue weighted by Gasteiger charge is 2.30. The van der Waals surface area contributed by atoms with E-state index < -0.39 is 9.84 Å². The molecule has 0 saturated carbocycles. The van der Waals surface area contributed by atoms with E-state index in [1.807, 2.05) is 11.9 Å². The summed E-state index contributed by atoms with van der Waals surface area (Å²) in [4.78, 5) is 14.1. The first-order valence-corrected chi connectivity index (χ1v) is 10.8. The van der Waals surface area contributed by atoms with Crippen LogP contribution in [0.25, 0.3) is 0 Å². The van der Waals surface area contributed by atoms with Crippen molar-refractivity contribution in [2.75, 3.05) is 25.1 Å². The van der Waals surface area contributed by atoms with Gasteiger partial charge in [0.05, 0.1) is 18.1 Å². The molecule has 0 aromatic carbocycles. The number of hydrogen-bond donors (Lipinski definition) is 1. The van der Waals surface area contributed by atoms with Gasteiger partial charge in [-0.2, -0.15) is 0 Å². The predicted molar refractivity (Wildman–Crippen MR) is 93.7 cm³/mol. The van der Waals surface area contributed by atoms with E-state index in [0.717, 1.165) is 37.5 Å². The topological polar surface area (TPSA) is 97.2 Å². The third-order valence-corrected chi connectivity index (χ3v) is 6.90. The van der Waals surface area contributed by atoms with Gasteiger partial charge in [-0.25, -0.2) is 8.42 Å². The molecule has 140 valence electrons. The summed E-state index contributed by atoms with van der Waals surface area (Å²) in [6.45, 7) is 1.88. The molecule has 1 aromatic rings. The second-order valence-corrected chi connectivity index (χ2v) is 9.29. The van der Waals surface area contributed by atoms with Crippen molar-refractivity contribution in [2.45, 2.75) is 57.7 Å². The number of carbonyl (C=O) groups is 1. The summed E-state index contributed by atoms with van der Waals surface area (Å²) in [6, 6.07) is 0.0325. The van der Waals surface area contributed by atoms with Gasteiger partial charge < -0.3 is 14.8 Å². The third-order valence-electron chi connectivity index (χ3n) is 5.15. The lowest BCUT2D eigenvalue weighted by Crippen LogP contribution is -2.36. The fourth-order valence-corrected chi connectivity index (χ4v) is 5.33. The lowest BCUT2D eigenvalue weighted by molar-refractivity contribution is -0.121. The molecular formula is C16H27N5O3S. The summed E-state index contributed by atoms with van der Waals surface area (Å²) in [6.07, 6.45) is 5.45. The summed E-state index contributed by atoms with van der Waals surface area (Å²) in [5.41, 5.74) is 0. The van der Waals surface area contributed by atoms with E-state index in [1.165, 1.54) is 6.42 Å². The maximum Gasteiger partial charge on any atom is 0.221 e. The van der Waals surface area contributed by atoms with E-state index in [2.05, 4.69) is 20.1 Å². The molecule has 9 heteroatoms. The first kappa shape index (κ1) is 18.3. The Balaban J connectivity index is 1.43. The van der Waals surface area contributed by atoms with Crippen LogP contribution in [0.5, 0.6) is 0 Å². The van der Waals surface area contributed by atoms with Gasteiger partial charge in [0.1, 0.15) is 5.82 Å². The van der Waals surface area contributed by atoms with Crippen LogP contribution in [0.1, 0.15) is 43.8 Å². The molecule has 1 amide bonds. The molecule has 1 aromatic heterocycles. The van der Waals surface area contributed by atoms with E-state index in [1.54, 1.807) is 0 Å². The molecule has 0 bridgehead atoms. The molecule has 1 saturated heterocycles. The van der Waals surface area contributed by atoms with Crippen LogP contribution in [0.4, 0.5) is 0 Å². The van der Waals surface area contributed by atoms with Gasteiger partial charge in [0.2, 0.25) is 5.91 Å². The highest BCUT2D eigenvalue weighted by atomic mass is 32.2. The molecule has 2 aliphatic heterocycles. The van der Waals surface area contributed by atoms with Crippen LogP contribution < -0.4 is 5.32 Å². The van der Waals surface area contributed by atoms with Crippen LogP contribution in [-0.2, 0) is 34.1 Å². The number of carbonyl (C=O) groups excluding carboxylic acids is 1. The van der Waals surface area contributed by atoms with Gasteiger partial charge in [-0.3, -0.25) is 4.79 Å². The van der Waals surface area contributed by atoms with Crippen LogP contribution in [0.3, 0.4) is 0 Å². The Morgan fingerprint density at radius 3 is 2.92 bits per heavy atom. The number of sulfone groups is 1. The van der Waals surface area contributed by atoms with Gasteiger partial charge in [-0.1, -0.05) is 6.42 Å². The number of rotatable bonds is 6. The van der Waals surface area contributed by atoms with Crippen molar-refractivity contribution in [2.24, 2.45) is 0 Å². The van der Waals surface area contributed by atoms with Crippen LogP contribution in [-0.4, -0.2) is 65.1 Å². The van der Waals surface area contributed by atoms with Crippen molar-refractivity contribution in [1.82, 2.24) is 25.0 Å². The van der Waals surface area contributed by atoms with Crippen molar-refractivity contribution in [3.05, 3.63) is 11.6 Å². The second kappa shape index (κ2) is 7.82. The number of nitrogens with one attached hydrogen (secondary N) is 1. The first-order valence-electron chi connectivity index (χ1n) is 9.03. The molecule has 25 heavy (non-hydrogen) atoms. The van der Waals surface area contributed by atoms with E-state index in [4.69, 9.17) is 0 Å². The summed E-state index contributed by atoms with van der Waals surface area (Å²) in [5.74, 6) is 2.26. The molecule has 0 unspecified atom stereocenters. The smallest absolute Gasteiger partial charge is 0.221 e. The summed E-state index contributed by atoms with van der Waals surface area (Å²) < 4.78 is 25.2. The first-order chi connectivity index (χ1) is 11.9. The molecule has 3 rings (SSSR count). The van der Waals surface area contributed by atoms with Crippen LogP contribution in [0, 0.1) is 0 Å². The fourth-order valence-electron chi connectivity index (χ4n) is 3.53. The maximum absolute atomic E-state index is 12.1. The number of aryl methyl sites for hydroxylation is 1. The summed E-state index contributed by atoms with van der Waals surface area (Å²) in [7, 11) is -1.00. The lowest BCUT2D eigenvalue weighted by Gasteiger charge is -2.22. The normalized spacial score (nSPS) is 22.6. The molecule has 1 N–H and O–H groups in total. The zero-order chi connectivity index (χ0) is 17.9. The van der Waals surface area contributed by atoms with Gasteiger partial charge in [0, 0.05) is 32.0 Å². The molecule has 0 aliphatic carbocycles. The van der Waals surface area contributed by atoms with Gasteiger partial charge in [0.25, 0.3) is 0 Å². The van der Waals surface area contributed by atoms with Crippen LogP contribution in [0.15, 0.2) is 0 Å². The number of amides is 1. The SMILES string of the molecule is CN(CCC(=O)NCc1nnc2n1CCCCC2)[C@H]1CCS(=O)(=O)C1. The predicted octanol–water partition coefficient (Wildman–Crippen LogP) is 0.130. The molecular weight excluding hydrogens is 342 g/mol. The van der Waals surface area contributed by atoms with Crippen LogP contribution in [0.2, 0.25) is 0 Å². The molecule has 0 radical (unpaired) electrons. The molecule has 1 atom stereocenters. The van der Waals surface area contributed by atoms with Crippen molar-refractivity contribution < 1.29 is 13.2 Å². The molecule has 2 aliphatic rings. The quantitative estimate of drug-likeness (QED) is 0.765. The van der Waals surface area contributed by atoms with E-state index in [9.17, 15) is 13.2 Å². The Hall–Kier alpha value is -1.48. The van der Waals surface area contributed by atoms with Crippen molar-refractivity contribution in [3.8, 4) is 0 Å². The second-order valence-electron chi connectivity index (χ2n) is 7.06. The third kappa shape index (κ3) is 4.78. The van der Waals surface area contributed by atoms with E-state index in [0.29, 0.717) is 25.9 Å². The van der Waals surface area contributed by atoms with E-state index in [-0.39, 0.29) is 23.5 Å². The monoisotopic (exact) mass is 369 g/mol. The number of nitrogens with zero attached hydrogens (tertiary/aromatic N) is 4. The van der Waals surface area contributed by atoms with E-state index >= 15 is 0 Å². The highest BCUT2D eigenvalue weighted by molar-refractivity contribution is 7.91. The van der Waals surface area contributed by atoms with Gasteiger partial charge in [-0.15, -0.1) is 10.2 Å². The Kier molecular flexibility index (Phi) is 5.73. The summed E-state index contributed by atoms with van der Waals surface area (Å²) >= 11 is 0. The zero-order valence-electron chi connectivity index (χ0n) is 14.8. The average molecular weight is 369 g/mol. The lowest BCUT2D eigenvalue weighted by atomic mass is 10.2. The summed E-state index contributed by atoms with van der Waals surface area (Å²) in [5, 5.41) is 11.3. The van der Waals surface area contributed by atoms with Crippen molar-refractivity contribution >= 4 is 15.7 Å². The fraction of sp³-hybridized carbons (Fsp3) is 0.812. The van der Waals surface area contributed by atoms with Crippen molar-refractivity contribution in [1.29, 1.82) is 0 Å².